The van der Waals surface area contributed by atoms with E-state index in [0.717, 1.165) is 11.1 Å². The lowest BCUT2D eigenvalue weighted by atomic mass is 9.84. The number of terminal acetylenes is 1. The molecular weight excluding hydrogens is 658 g/mol. The van der Waals surface area contributed by atoms with Crippen molar-refractivity contribution in [3.05, 3.63) is 34.4 Å². The van der Waals surface area contributed by atoms with Crippen LogP contribution in [-0.2, 0) is 39.8 Å². The molecule has 2 saturated heterocycles. The molecule has 3 amide bonds. The number of hydrogen-bond acceptors (Lipinski definition) is 10. The highest BCUT2D eigenvalue weighted by Gasteiger charge is 2.64. The molecule has 0 radical (unpaired) electrons. The number of epoxide rings is 1. The third-order valence-electron chi connectivity index (χ3n) is 9.59. The van der Waals surface area contributed by atoms with Crippen LogP contribution in [0.5, 0.6) is 5.75 Å². The van der Waals surface area contributed by atoms with Gasteiger partial charge < -0.3 is 38.6 Å². The van der Waals surface area contributed by atoms with Gasteiger partial charge in [0.15, 0.2) is 5.72 Å². The number of benzene rings is 1. The first kappa shape index (κ1) is 39.6. The minimum absolute atomic E-state index is 0.00983. The molecule has 14 heteroatoms. The number of carbonyl (C=O) groups is 4. The summed E-state index contributed by atoms with van der Waals surface area (Å²) in [6, 6.07) is 2.56. The molecule has 2 N–H and O–H groups in total. The molecule has 3 rings (SSSR count). The van der Waals surface area contributed by atoms with Crippen LogP contribution in [0.15, 0.2) is 23.8 Å². The second-order valence-electron chi connectivity index (χ2n) is 13.0. The van der Waals surface area contributed by atoms with Crippen LogP contribution in [0.1, 0.15) is 59.9 Å². The zero-order chi connectivity index (χ0) is 37.0. The molecular formula is C35H48ClN3O10. The average Bonchev–Trinajstić information content (AvgIpc) is 3.74. The molecule has 1 aromatic rings. The Kier molecular flexibility index (Phi) is 12.8. The number of alkyl carbamates (subject to hydrolysis) is 1. The van der Waals surface area contributed by atoms with Gasteiger partial charge >= 0.3 is 12.1 Å². The van der Waals surface area contributed by atoms with Gasteiger partial charge in [0.25, 0.3) is 0 Å². The van der Waals surface area contributed by atoms with Crippen LogP contribution >= 0.6 is 11.6 Å². The lowest BCUT2D eigenvalue weighted by Crippen LogP contribution is -2.63. The monoisotopic (exact) mass is 705 g/mol. The first-order valence-corrected chi connectivity index (χ1v) is 16.3. The molecule has 0 bridgehead atoms. The summed E-state index contributed by atoms with van der Waals surface area (Å²) in [6.07, 6.45) is 3.07. The molecule has 0 spiro atoms. The van der Waals surface area contributed by atoms with E-state index in [2.05, 4.69) is 11.2 Å². The van der Waals surface area contributed by atoms with Crippen molar-refractivity contribution in [1.82, 2.24) is 10.2 Å². The summed E-state index contributed by atoms with van der Waals surface area (Å²) in [4.78, 5) is 54.4. The zero-order valence-corrected chi connectivity index (χ0v) is 30.5. The van der Waals surface area contributed by atoms with Crippen LogP contribution in [-0.4, -0.2) is 104 Å². The summed E-state index contributed by atoms with van der Waals surface area (Å²) in [7, 11) is 5.90. The van der Waals surface area contributed by atoms with E-state index in [9.17, 15) is 24.3 Å². The number of cyclic esters (lactones) is 1. The Morgan fingerprint density at radius 3 is 2.45 bits per heavy atom. The number of ether oxygens (including phenoxy) is 5. The van der Waals surface area contributed by atoms with Gasteiger partial charge in [-0.05, 0) is 57.9 Å². The highest BCUT2D eigenvalue weighted by Crippen LogP contribution is 2.49. The van der Waals surface area contributed by atoms with Gasteiger partial charge in [-0.1, -0.05) is 30.0 Å². The lowest BCUT2D eigenvalue weighted by Gasteiger charge is -2.41. The summed E-state index contributed by atoms with van der Waals surface area (Å²) in [5.74, 6) is 0.809. The number of halogens is 1. The Balaban J connectivity index is 1.93. The summed E-state index contributed by atoms with van der Waals surface area (Å²) in [6.45, 7) is 9.83. The molecule has 2 aliphatic rings. The number of allylic oxidation sites excluding steroid dienone is 2. The third-order valence-corrected chi connectivity index (χ3v) is 9.97. The van der Waals surface area contributed by atoms with E-state index in [1.165, 1.54) is 44.9 Å². The summed E-state index contributed by atoms with van der Waals surface area (Å²) in [5, 5.41) is 13.8. The number of nitrogens with zero attached hydrogens (tertiary/aromatic N) is 2. The maximum Gasteiger partial charge on any atom is 0.409 e. The molecule has 2 fully saturated rings. The van der Waals surface area contributed by atoms with Crippen LogP contribution in [0.2, 0.25) is 5.02 Å². The van der Waals surface area contributed by atoms with Crippen LogP contribution in [0.4, 0.5) is 10.5 Å². The fraction of sp³-hybridized carbons (Fsp3) is 0.600. The Morgan fingerprint density at radius 1 is 1.22 bits per heavy atom. The smallest absolute Gasteiger partial charge is 0.409 e. The van der Waals surface area contributed by atoms with Crippen molar-refractivity contribution in [3.63, 3.8) is 0 Å². The third kappa shape index (κ3) is 8.86. The molecule has 2 aliphatic heterocycles. The molecule has 49 heavy (non-hydrogen) atoms. The van der Waals surface area contributed by atoms with Crippen LogP contribution in [0, 0.1) is 18.3 Å². The Labute approximate surface area is 293 Å². The van der Waals surface area contributed by atoms with Crippen molar-refractivity contribution in [2.75, 3.05) is 33.2 Å². The predicted molar refractivity (Wildman–Crippen MR) is 182 cm³/mol. The van der Waals surface area contributed by atoms with Gasteiger partial charge in [-0.2, -0.15) is 0 Å². The quantitative estimate of drug-likeness (QED) is 0.167. The second-order valence-corrected chi connectivity index (χ2v) is 13.4. The maximum absolute atomic E-state index is 14.0. The first-order chi connectivity index (χ1) is 22.8. The average molecular weight is 706 g/mol. The Hall–Kier alpha value is -3.83. The van der Waals surface area contributed by atoms with Crippen molar-refractivity contribution >= 4 is 41.2 Å². The highest BCUT2D eigenvalue weighted by atomic mass is 35.5. The summed E-state index contributed by atoms with van der Waals surface area (Å²) >= 11 is 6.68. The van der Waals surface area contributed by atoms with E-state index in [0.29, 0.717) is 17.9 Å². The van der Waals surface area contributed by atoms with Gasteiger partial charge in [0.1, 0.15) is 40.7 Å². The lowest BCUT2D eigenvalue weighted by molar-refractivity contribution is -0.161. The second kappa shape index (κ2) is 15.8. The SMILES string of the molecule is C#C/C=C(\C)Cc1cc(OC)c(Cl)c(N(C)C(=O)C[C@H](OC(=O)[C@H](C)N(C)C(C)=O)C2(C)O[C@H]2[C@H](C)[C@@H]2C[C@](O)([C@@H](C)OC)NC(=O)O2)c1. The van der Waals surface area contributed by atoms with Gasteiger partial charge in [0.2, 0.25) is 11.8 Å². The van der Waals surface area contributed by atoms with Crippen molar-refractivity contribution in [1.29, 1.82) is 0 Å². The maximum atomic E-state index is 14.0. The number of amides is 3. The van der Waals surface area contributed by atoms with Crippen molar-refractivity contribution in [3.8, 4) is 18.1 Å². The number of carbonyl (C=O) groups excluding carboxylic acids is 4. The number of aliphatic hydroxyl groups is 1. The van der Waals surface area contributed by atoms with Gasteiger partial charge in [0, 0.05) is 40.5 Å². The predicted octanol–water partition coefficient (Wildman–Crippen LogP) is 3.62. The van der Waals surface area contributed by atoms with E-state index in [1.807, 2.05) is 6.92 Å². The topological polar surface area (TPSA) is 156 Å². The number of anilines is 1. The standard InChI is InChI=1S/C35H48ClN3O10/c1-12-13-19(2)14-24-15-25(30(36)26(16-24)46-11)39(9)29(41)17-28(48-32(42)21(4)38(8)23(6)40)34(7)31(49-34)20(3)27-18-35(44,22(5)45-10)37-33(43)47-27/h1,13,15-16,20-22,27-28,31,44H,14,17-18H2,2-11H3,(H,37,43)/b19-13+/t20-,21+,22-,27+,28+,31+,34?,35+/m1/s1. The largest absolute Gasteiger partial charge is 0.495 e. The number of hydrogen-bond donors (Lipinski definition) is 2. The van der Waals surface area contributed by atoms with Gasteiger partial charge in [-0.15, -0.1) is 6.42 Å². The van der Waals surface area contributed by atoms with Gasteiger partial charge in [-0.3, -0.25) is 14.9 Å². The minimum Gasteiger partial charge on any atom is -0.495 e. The molecule has 0 aliphatic carbocycles. The molecule has 2 heterocycles. The molecule has 8 atom stereocenters. The molecule has 1 unspecified atom stereocenters. The highest BCUT2D eigenvalue weighted by molar-refractivity contribution is 6.35. The summed E-state index contributed by atoms with van der Waals surface area (Å²) in [5.41, 5.74) is -0.825. The number of esters is 1. The first-order valence-electron chi connectivity index (χ1n) is 15.9. The summed E-state index contributed by atoms with van der Waals surface area (Å²) < 4.78 is 28.4. The molecule has 270 valence electrons. The molecule has 0 saturated carbocycles. The number of rotatable bonds is 14. The van der Waals surface area contributed by atoms with Gasteiger partial charge in [0.05, 0.1) is 25.3 Å². The van der Waals surface area contributed by atoms with E-state index in [4.69, 9.17) is 41.7 Å². The molecule has 0 aromatic heterocycles. The zero-order valence-electron chi connectivity index (χ0n) is 29.8. The Bertz CT molecular complexity index is 1510. The van der Waals surface area contributed by atoms with E-state index in [1.54, 1.807) is 46.0 Å². The minimum atomic E-state index is -1.70. The molecule has 13 nitrogen and oxygen atoms in total. The Morgan fingerprint density at radius 2 is 1.88 bits per heavy atom. The number of nitrogens with one attached hydrogen (secondary N) is 1. The van der Waals surface area contributed by atoms with Crippen LogP contribution < -0.4 is 15.0 Å². The molecule has 1 aromatic carbocycles. The fourth-order valence-electron chi connectivity index (χ4n) is 5.93. The van der Waals surface area contributed by atoms with Crippen molar-refractivity contribution in [2.24, 2.45) is 5.92 Å². The van der Waals surface area contributed by atoms with E-state index < -0.39 is 65.7 Å². The van der Waals surface area contributed by atoms with Crippen molar-refractivity contribution < 1.29 is 48.0 Å². The fourth-order valence-corrected chi connectivity index (χ4v) is 6.24. The number of likely N-dealkylation sites (N-methyl/N-ethyl adjacent to an activating group) is 1. The van der Waals surface area contributed by atoms with Crippen LogP contribution in [0.3, 0.4) is 0 Å². The number of methoxy groups -OCH3 is 2. The van der Waals surface area contributed by atoms with E-state index >= 15 is 0 Å². The van der Waals surface area contributed by atoms with E-state index in [-0.39, 0.29) is 23.8 Å². The van der Waals surface area contributed by atoms with Gasteiger partial charge in [-0.25, -0.2) is 9.59 Å². The van der Waals surface area contributed by atoms with Crippen molar-refractivity contribution in [2.45, 2.75) is 103 Å². The normalized spacial score (nSPS) is 25.8. The van der Waals surface area contributed by atoms with Crippen LogP contribution in [0.25, 0.3) is 0 Å².